The number of aryl methyl sites for hydroxylation is 1. The zero-order valence-corrected chi connectivity index (χ0v) is 21.6. The molecular formula is C28H30ClFN4O2. The fraction of sp³-hybridized carbons (Fsp3) is 0.250. The van der Waals surface area contributed by atoms with Crippen molar-refractivity contribution in [3.05, 3.63) is 83.8 Å². The molecule has 0 unspecified atom stereocenters. The van der Waals surface area contributed by atoms with Gasteiger partial charge in [-0.15, -0.1) is 0 Å². The lowest BCUT2D eigenvalue weighted by atomic mass is 9.95. The first-order valence-electron chi connectivity index (χ1n) is 11.6. The van der Waals surface area contributed by atoms with Crippen LogP contribution in [-0.4, -0.2) is 27.9 Å². The van der Waals surface area contributed by atoms with Crippen LogP contribution in [0.1, 0.15) is 27.7 Å². The van der Waals surface area contributed by atoms with E-state index < -0.39 is 11.3 Å². The summed E-state index contributed by atoms with van der Waals surface area (Å²) in [5, 5.41) is 6.62. The third kappa shape index (κ3) is 6.92. The Hall–Kier alpha value is -3.71. The first-order valence-corrected chi connectivity index (χ1v) is 11.9. The van der Waals surface area contributed by atoms with Gasteiger partial charge in [0.1, 0.15) is 11.5 Å². The predicted molar refractivity (Wildman–Crippen MR) is 144 cm³/mol. The topological polar surface area (TPSA) is 76.0 Å². The standard InChI is InChI=1S/C28H30ClFN4O2/c1-6-34-24(19-8-11-22(30)12-9-19)14-20-13-23(17-31-26(20)34)33-25(35)15-21(29)10-7-18(2)16-32-27(36)28(3,4)5/h7-15,17H,2,6,16H2,1,3-5H3,(H,32,36)(H,33,35)/b10-7-,21-15-. The highest BCUT2D eigenvalue weighted by atomic mass is 35.5. The third-order valence-corrected chi connectivity index (χ3v) is 5.60. The normalized spacial score (nSPS) is 12.2. The highest BCUT2D eigenvalue weighted by molar-refractivity contribution is 6.33. The van der Waals surface area contributed by atoms with Crippen LogP contribution in [0.4, 0.5) is 10.1 Å². The molecule has 0 aliphatic rings. The number of nitrogens with zero attached hydrogens (tertiary/aromatic N) is 2. The third-order valence-electron chi connectivity index (χ3n) is 5.36. The van der Waals surface area contributed by atoms with Crippen LogP contribution in [0.2, 0.25) is 0 Å². The Labute approximate surface area is 215 Å². The Bertz CT molecular complexity index is 1350. The van der Waals surface area contributed by atoms with Gasteiger partial charge in [-0.1, -0.05) is 45.0 Å². The summed E-state index contributed by atoms with van der Waals surface area (Å²) in [6.45, 7) is 12.4. The molecular weight excluding hydrogens is 479 g/mol. The van der Waals surface area contributed by atoms with Gasteiger partial charge in [0.15, 0.2) is 0 Å². The van der Waals surface area contributed by atoms with Crippen LogP contribution in [0.15, 0.2) is 78.0 Å². The van der Waals surface area contributed by atoms with Crippen LogP contribution >= 0.6 is 11.6 Å². The van der Waals surface area contributed by atoms with E-state index in [9.17, 15) is 14.0 Å². The summed E-state index contributed by atoms with van der Waals surface area (Å²) in [5.41, 5.74) is 3.23. The van der Waals surface area contributed by atoms with E-state index in [1.54, 1.807) is 30.5 Å². The van der Waals surface area contributed by atoms with Crippen molar-refractivity contribution < 1.29 is 14.0 Å². The minimum atomic E-state index is -0.487. The number of halogens is 2. The van der Waals surface area contributed by atoms with Crippen LogP contribution in [-0.2, 0) is 16.1 Å². The lowest BCUT2D eigenvalue weighted by molar-refractivity contribution is -0.128. The highest BCUT2D eigenvalue weighted by Crippen LogP contribution is 2.29. The van der Waals surface area contributed by atoms with E-state index >= 15 is 0 Å². The van der Waals surface area contributed by atoms with Crippen molar-refractivity contribution in [2.75, 3.05) is 11.9 Å². The smallest absolute Gasteiger partial charge is 0.249 e. The van der Waals surface area contributed by atoms with Crippen molar-refractivity contribution in [3.8, 4) is 11.3 Å². The Morgan fingerprint density at radius 1 is 1.17 bits per heavy atom. The molecule has 0 atom stereocenters. The minimum absolute atomic E-state index is 0.0808. The van der Waals surface area contributed by atoms with Crippen LogP contribution in [0.25, 0.3) is 22.3 Å². The second-order valence-electron chi connectivity index (χ2n) is 9.36. The van der Waals surface area contributed by atoms with Crippen molar-refractivity contribution in [1.29, 1.82) is 0 Å². The molecule has 3 rings (SSSR count). The number of benzene rings is 1. The summed E-state index contributed by atoms with van der Waals surface area (Å²) < 4.78 is 15.4. The second-order valence-corrected chi connectivity index (χ2v) is 9.80. The molecule has 0 aliphatic carbocycles. The second kappa shape index (κ2) is 11.4. The molecule has 0 fully saturated rings. The molecule has 188 valence electrons. The number of amides is 2. The van der Waals surface area contributed by atoms with Gasteiger partial charge in [-0.3, -0.25) is 9.59 Å². The monoisotopic (exact) mass is 508 g/mol. The minimum Gasteiger partial charge on any atom is -0.352 e. The van der Waals surface area contributed by atoms with E-state index in [0.29, 0.717) is 17.8 Å². The van der Waals surface area contributed by atoms with Crippen molar-refractivity contribution in [1.82, 2.24) is 14.9 Å². The van der Waals surface area contributed by atoms with E-state index in [0.717, 1.165) is 22.3 Å². The fourth-order valence-corrected chi connectivity index (χ4v) is 3.62. The predicted octanol–water partition coefficient (Wildman–Crippen LogP) is 6.20. The molecule has 2 N–H and O–H groups in total. The summed E-state index contributed by atoms with van der Waals surface area (Å²) in [5.74, 6) is -0.784. The zero-order valence-electron chi connectivity index (χ0n) is 20.9. The van der Waals surface area contributed by atoms with E-state index in [2.05, 4.69) is 22.2 Å². The number of hydrogen-bond donors (Lipinski definition) is 2. The summed E-state index contributed by atoms with van der Waals surface area (Å²) in [4.78, 5) is 28.9. The number of aromatic nitrogens is 2. The molecule has 3 aromatic rings. The number of rotatable bonds is 8. The molecule has 8 heteroatoms. The largest absolute Gasteiger partial charge is 0.352 e. The number of carbonyl (C=O) groups is 2. The summed E-state index contributed by atoms with van der Waals surface area (Å²) in [6, 6.07) is 10.1. The molecule has 0 spiro atoms. The van der Waals surface area contributed by atoms with E-state index in [-0.39, 0.29) is 23.3 Å². The van der Waals surface area contributed by atoms with Gasteiger partial charge >= 0.3 is 0 Å². The average Bonchev–Trinajstić information content (AvgIpc) is 3.18. The number of nitrogens with one attached hydrogen (secondary N) is 2. The highest BCUT2D eigenvalue weighted by Gasteiger charge is 2.20. The molecule has 0 radical (unpaired) electrons. The Kier molecular flexibility index (Phi) is 8.48. The molecule has 6 nitrogen and oxygen atoms in total. The van der Waals surface area contributed by atoms with Crippen LogP contribution in [0.3, 0.4) is 0 Å². The first kappa shape index (κ1) is 26.9. The van der Waals surface area contributed by atoms with Crippen molar-refractivity contribution >= 4 is 40.1 Å². The van der Waals surface area contributed by atoms with Crippen LogP contribution in [0, 0.1) is 11.2 Å². The van der Waals surface area contributed by atoms with Gasteiger partial charge in [0.2, 0.25) is 11.8 Å². The van der Waals surface area contributed by atoms with Gasteiger partial charge < -0.3 is 15.2 Å². The maximum atomic E-state index is 13.3. The SMILES string of the molecule is C=C(/C=C\C(Cl)=C\C(=O)Nc1cnc2c(c1)cc(-c1ccc(F)cc1)n2CC)CNC(=O)C(C)(C)C. The van der Waals surface area contributed by atoms with Crippen molar-refractivity contribution in [3.63, 3.8) is 0 Å². The van der Waals surface area contributed by atoms with Gasteiger partial charge in [-0.2, -0.15) is 0 Å². The van der Waals surface area contributed by atoms with E-state index in [1.165, 1.54) is 18.2 Å². The maximum Gasteiger partial charge on any atom is 0.249 e. The summed E-state index contributed by atoms with van der Waals surface area (Å²) in [7, 11) is 0. The lowest BCUT2D eigenvalue weighted by Crippen LogP contribution is -2.35. The van der Waals surface area contributed by atoms with Gasteiger partial charge in [0, 0.05) is 35.0 Å². The van der Waals surface area contributed by atoms with Crippen molar-refractivity contribution in [2.45, 2.75) is 34.2 Å². The fourth-order valence-electron chi connectivity index (χ4n) is 3.46. The quantitative estimate of drug-likeness (QED) is 0.281. The Morgan fingerprint density at radius 3 is 2.50 bits per heavy atom. The number of carbonyl (C=O) groups excluding carboxylic acids is 2. The zero-order chi connectivity index (χ0) is 26.5. The van der Waals surface area contributed by atoms with E-state index in [4.69, 9.17) is 11.6 Å². The number of hydrogen-bond acceptors (Lipinski definition) is 3. The average molecular weight is 509 g/mol. The summed E-state index contributed by atoms with van der Waals surface area (Å²) in [6.07, 6.45) is 6.03. The number of fused-ring (bicyclic) bond motifs is 1. The molecule has 0 saturated heterocycles. The molecule has 2 aromatic heterocycles. The molecule has 0 bridgehead atoms. The number of pyridine rings is 1. The van der Waals surface area contributed by atoms with Crippen LogP contribution < -0.4 is 10.6 Å². The van der Waals surface area contributed by atoms with Gasteiger partial charge in [0.05, 0.1) is 17.6 Å². The Morgan fingerprint density at radius 2 is 1.86 bits per heavy atom. The van der Waals surface area contributed by atoms with E-state index in [1.807, 2.05) is 44.4 Å². The molecule has 1 aromatic carbocycles. The first-order chi connectivity index (χ1) is 17.0. The van der Waals surface area contributed by atoms with Crippen LogP contribution in [0.5, 0.6) is 0 Å². The van der Waals surface area contributed by atoms with Gasteiger partial charge in [-0.05, 0) is 60.5 Å². The molecule has 0 saturated carbocycles. The lowest BCUT2D eigenvalue weighted by Gasteiger charge is -2.17. The number of anilines is 1. The van der Waals surface area contributed by atoms with Crippen molar-refractivity contribution in [2.24, 2.45) is 5.41 Å². The summed E-state index contributed by atoms with van der Waals surface area (Å²) >= 11 is 6.18. The molecule has 36 heavy (non-hydrogen) atoms. The van der Waals surface area contributed by atoms with Gasteiger partial charge in [-0.25, -0.2) is 9.37 Å². The molecule has 2 amide bonds. The maximum absolute atomic E-state index is 13.3. The molecule has 2 heterocycles. The number of allylic oxidation sites excluding steroid dienone is 2. The Balaban J connectivity index is 1.67. The molecule has 0 aliphatic heterocycles. The van der Waals surface area contributed by atoms with Gasteiger partial charge in [0.25, 0.3) is 0 Å².